The molecule has 0 bridgehead atoms. The van der Waals surface area contributed by atoms with Crippen molar-refractivity contribution in [3.05, 3.63) is 46.6 Å². The second-order valence-electron chi connectivity index (χ2n) is 6.31. The number of hydrogen-bond acceptors (Lipinski definition) is 5. The average molecular weight is 363 g/mol. The van der Waals surface area contributed by atoms with Gasteiger partial charge >= 0.3 is 0 Å². The summed E-state index contributed by atoms with van der Waals surface area (Å²) >= 11 is 5.98. The highest BCUT2D eigenvalue weighted by Gasteiger charge is 2.28. The molecule has 0 radical (unpaired) electrons. The van der Waals surface area contributed by atoms with Crippen LogP contribution in [-0.2, 0) is 6.42 Å². The lowest BCUT2D eigenvalue weighted by atomic mass is 10.1. The molecule has 2 aromatic rings. The van der Waals surface area contributed by atoms with Gasteiger partial charge in [0.25, 0.3) is 5.91 Å². The van der Waals surface area contributed by atoms with E-state index in [0.29, 0.717) is 29.6 Å². The van der Waals surface area contributed by atoms with Crippen LogP contribution in [0.2, 0.25) is 5.02 Å². The Labute approximate surface area is 152 Å². The maximum atomic E-state index is 12.6. The van der Waals surface area contributed by atoms with E-state index in [1.807, 2.05) is 4.90 Å². The number of rotatable bonds is 5. The van der Waals surface area contributed by atoms with Crippen molar-refractivity contribution in [1.82, 2.24) is 19.9 Å². The number of carbonyl (C=O) groups is 1. The zero-order valence-corrected chi connectivity index (χ0v) is 15.4. The Morgan fingerprint density at radius 2 is 2.08 bits per heavy atom. The highest BCUT2D eigenvalue weighted by atomic mass is 35.5. The molecule has 2 heterocycles. The Hall–Kier alpha value is -1.92. The number of halogens is 1. The van der Waals surface area contributed by atoms with Crippen LogP contribution in [0.15, 0.2) is 28.8 Å². The van der Waals surface area contributed by atoms with Crippen LogP contribution in [0.25, 0.3) is 0 Å². The highest BCUT2D eigenvalue weighted by molar-refractivity contribution is 6.30. The van der Waals surface area contributed by atoms with Gasteiger partial charge in [0.05, 0.1) is 6.04 Å². The van der Waals surface area contributed by atoms with Crippen LogP contribution in [0.3, 0.4) is 0 Å². The first-order chi connectivity index (χ1) is 12.1. The molecule has 25 heavy (non-hydrogen) atoms. The van der Waals surface area contributed by atoms with Crippen LogP contribution in [0.4, 0.5) is 0 Å². The van der Waals surface area contributed by atoms with Crippen molar-refractivity contribution in [2.75, 3.05) is 26.2 Å². The van der Waals surface area contributed by atoms with Crippen molar-refractivity contribution in [1.29, 1.82) is 0 Å². The van der Waals surface area contributed by atoms with Gasteiger partial charge in [-0.05, 0) is 31.5 Å². The molecule has 0 aliphatic carbocycles. The first-order valence-corrected chi connectivity index (χ1v) is 9.07. The maximum absolute atomic E-state index is 12.6. The monoisotopic (exact) mass is 362 g/mol. The molecule has 1 atom stereocenters. The van der Waals surface area contributed by atoms with E-state index in [1.54, 1.807) is 24.3 Å². The van der Waals surface area contributed by atoms with Crippen molar-refractivity contribution < 1.29 is 9.32 Å². The van der Waals surface area contributed by atoms with Crippen molar-refractivity contribution >= 4 is 17.5 Å². The third-order valence-corrected chi connectivity index (χ3v) is 4.77. The molecule has 1 aliphatic heterocycles. The van der Waals surface area contributed by atoms with Gasteiger partial charge in [-0.1, -0.05) is 29.7 Å². The standard InChI is InChI=1S/C18H23ClN4O2/c1-3-5-16-20-17(25-21-16)13(2)22-8-10-23(11-9-22)18(24)14-6-4-7-15(19)12-14/h4,6-7,12-13H,3,5,8-11H2,1-2H3. The summed E-state index contributed by atoms with van der Waals surface area (Å²) in [7, 11) is 0. The van der Waals surface area contributed by atoms with Gasteiger partial charge in [-0.25, -0.2) is 0 Å². The Kier molecular flexibility index (Phi) is 5.71. The summed E-state index contributed by atoms with van der Waals surface area (Å²) in [5, 5.41) is 4.60. The van der Waals surface area contributed by atoms with E-state index in [-0.39, 0.29) is 11.9 Å². The van der Waals surface area contributed by atoms with E-state index in [0.717, 1.165) is 31.8 Å². The third kappa shape index (κ3) is 4.19. The topological polar surface area (TPSA) is 62.5 Å². The van der Waals surface area contributed by atoms with Crippen molar-refractivity contribution in [2.45, 2.75) is 32.7 Å². The van der Waals surface area contributed by atoms with Gasteiger partial charge in [0.2, 0.25) is 5.89 Å². The average Bonchev–Trinajstić information content (AvgIpc) is 3.09. The smallest absolute Gasteiger partial charge is 0.253 e. The number of amides is 1. The van der Waals surface area contributed by atoms with Crippen LogP contribution < -0.4 is 0 Å². The van der Waals surface area contributed by atoms with Crippen LogP contribution in [0, 0.1) is 0 Å². The Morgan fingerprint density at radius 1 is 1.32 bits per heavy atom. The number of aromatic nitrogens is 2. The Bertz CT molecular complexity index is 725. The lowest BCUT2D eigenvalue weighted by Gasteiger charge is -2.36. The fraction of sp³-hybridized carbons (Fsp3) is 0.500. The van der Waals surface area contributed by atoms with Crippen LogP contribution >= 0.6 is 11.6 Å². The molecule has 6 nitrogen and oxygen atoms in total. The van der Waals surface area contributed by atoms with E-state index in [4.69, 9.17) is 16.1 Å². The van der Waals surface area contributed by atoms with Gasteiger partial charge in [0.15, 0.2) is 5.82 Å². The Balaban J connectivity index is 1.58. The molecule has 7 heteroatoms. The minimum atomic E-state index is 0.0258. The molecule has 1 saturated heterocycles. The number of nitrogens with zero attached hydrogens (tertiary/aromatic N) is 4. The zero-order chi connectivity index (χ0) is 17.8. The second kappa shape index (κ2) is 7.97. The fourth-order valence-electron chi connectivity index (χ4n) is 3.03. The van der Waals surface area contributed by atoms with Crippen LogP contribution in [0.1, 0.15) is 48.4 Å². The van der Waals surface area contributed by atoms with Crippen molar-refractivity contribution in [2.24, 2.45) is 0 Å². The molecule has 134 valence electrons. The maximum Gasteiger partial charge on any atom is 0.253 e. The van der Waals surface area contributed by atoms with Gasteiger partial charge in [-0.3, -0.25) is 9.69 Å². The predicted octanol–water partition coefficient (Wildman–Crippen LogP) is 3.19. The molecule has 1 amide bonds. The highest BCUT2D eigenvalue weighted by Crippen LogP contribution is 2.21. The minimum Gasteiger partial charge on any atom is -0.338 e. The molecule has 1 aromatic carbocycles. The lowest BCUT2D eigenvalue weighted by molar-refractivity contribution is 0.0551. The molecular formula is C18H23ClN4O2. The molecular weight excluding hydrogens is 340 g/mol. The molecule has 1 aliphatic rings. The predicted molar refractivity (Wildman–Crippen MR) is 95.6 cm³/mol. The van der Waals surface area contributed by atoms with E-state index in [9.17, 15) is 4.79 Å². The van der Waals surface area contributed by atoms with Gasteiger partial charge in [-0.2, -0.15) is 4.98 Å². The summed E-state index contributed by atoms with van der Waals surface area (Å²) in [6.45, 7) is 7.06. The molecule has 0 N–H and O–H groups in total. The molecule has 0 spiro atoms. The normalized spacial score (nSPS) is 16.8. The van der Waals surface area contributed by atoms with Gasteiger partial charge in [0.1, 0.15) is 0 Å². The molecule has 1 unspecified atom stereocenters. The first kappa shape index (κ1) is 17.9. The van der Waals surface area contributed by atoms with Crippen molar-refractivity contribution in [3.8, 4) is 0 Å². The molecule has 1 aromatic heterocycles. The summed E-state index contributed by atoms with van der Waals surface area (Å²) in [6.07, 6.45) is 1.83. The van der Waals surface area contributed by atoms with Crippen LogP contribution in [-0.4, -0.2) is 52.0 Å². The second-order valence-corrected chi connectivity index (χ2v) is 6.75. The first-order valence-electron chi connectivity index (χ1n) is 8.70. The minimum absolute atomic E-state index is 0.0258. The van der Waals surface area contributed by atoms with Crippen molar-refractivity contribution in [3.63, 3.8) is 0 Å². The number of piperazine rings is 1. The zero-order valence-electron chi connectivity index (χ0n) is 14.6. The third-order valence-electron chi connectivity index (χ3n) is 4.54. The number of benzene rings is 1. The summed E-state index contributed by atoms with van der Waals surface area (Å²) in [5.74, 6) is 1.44. The molecule has 0 saturated carbocycles. The number of aryl methyl sites for hydroxylation is 1. The van der Waals surface area contributed by atoms with E-state index >= 15 is 0 Å². The molecule has 3 rings (SSSR count). The number of carbonyl (C=O) groups excluding carboxylic acids is 1. The SMILES string of the molecule is CCCc1noc(C(C)N2CCN(C(=O)c3cccc(Cl)c3)CC2)n1. The summed E-state index contributed by atoms with van der Waals surface area (Å²) in [4.78, 5) is 21.2. The quantitative estimate of drug-likeness (QED) is 0.817. The van der Waals surface area contributed by atoms with Crippen LogP contribution in [0.5, 0.6) is 0 Å². The fourth-order valence-corrected chi connectivity index (χ4v) is 3.23. The van der Waals surface area contributed by atoms with Gasteiger partial charge in [0, 0.05) is 43.2 Å². The number of hydrogen-bond donors (Lipinski definition) is 0. The van der Waals surface area contributed by atoms with E-state index in [1.165, 1.54) is 0 Å². The largest absolute Gasteiger partial charge is 0.338 e. The van der Waals surface area contributed by atoms with E-state index in [2.05, 4.69) is 28.9 Å². The lowest BCUT2D eigenvalue weighted by Crippen LogP contribution is -2.49. The van der Waals surface area contributed by atoms with Gasteiger partial charge < -0.3 is 9.42 Å². The summed E-state index contributed by atoms with van der Waals surface area (Å²) in [5.41, 5.74) is 0.634. The van der Waals surface area contributed by atoms with Gasteiger partial charge in [-0.15, -0.1) is 0 Å². The Morgan fingerprint density at radius 3 is 2.76 bits per heavy atom. The van der Waals surface area contributed by atoms with E-state index < -0.39 is 0 Å². The molecule has 1 fully saturated rings. The summed E-state index contributed by atoms with van der Waals surface area (Å²) in [6, 6.07) is 7.15. The summed E-state index contributed by atoms with van der Waals surface area (Å²) < 4.78 is 5.39.